The second-order valence-corrected chi connectivity index (χ2v) is 6.13. The number of hydrogen-bond donors (Lipinski definition) is 0. The summed E-state index contributed by atoms with van der Waals surface area (Å²) in [5, 5.41) is 0. The van der Waals surface area contributed by atoms with Gasteiger partial charge in [0, 0.05) is 11.9 Å². The molecule has 0 fully saturated rings. The molecule has 0 aliphatic heterocycles. The quantitative estimate of drug-likeness (QED) is 0.731. The number of thioether (sulfide) groups is 1. The second kappa shape index (κ2) is 8.49. The van der Waals surface area contributed by atoms with Crippen molar-refractivity contribution >= 4 is 17.7 Å². The molecule has 2 aromatic carbocycles. The largest absolute Gasteiger partial charge is 0.492 e. The number of carbonyl (C=O) groups excluding carboxylic acids is 1. The van der Waals surface area contributed by atoms with E-state index in [-0.39, 0.29) is 5.91 Å². The van der Waals surface area contributed by atoms with Crippen LogP contribution in [0.1, 0.15) is 5.56 Å². The van der Waals surface area contributed by atoms with Crippen molar-refractivity contribution in [2.24, 2.45) is 0 Å². The molecular formula is C18H21NO2S. The first-order valence-electron chi connectivity index (χ1n) is 7.26. The summed E-state index contributed by atoms with van der Waals surface area (Å²) in [4.78, 5) is 14.9. The van der Waals surface area contributed by atoms with E-state index in [1.807, 2.05) is 68.6 Å². The van der Waals surface area contributed by atoms with Gasteiger partial charge in [-0.25, -0.2) is 0 Å². The average molecular weight is 315 g/mol. The number of nitrogens with zero attached hydrogens (tertiary/aromatic N) is 1. The maximum Gasteiger partial charge on any atom is 0.232 e. The van der Waals surface area contributed by atoms with Gasteiger partial charge in [0.15, 0.2) is 0 Å². The first-order valence-corrected chi connectivity index (χ1v) is 8.25. The first kappa shape index (κ1) is 16.4. The number of aryl methyl sites for hydroxylation is 1. The normalized spacial score (nSPS) is 10.3. The van der Waals surface area contributed by atoms with Crippen LogP contribution in [0.25, 0.3) is 0 Å². The lowest BCUT2D eigenvalue weighted by Gasteiger charge is -2.17. The van der Waals surface area contributed by atoms with Gasteiger partial charge in [-0.15, -0.1) is 11.8 Å². The molecule has 0 aliphatic rings. The van der Waals surface area contributed by atoms with Gasteiger partial charge in [-0.2, -0.15) is 0 Å². The highest BCUT2D eigenvalue weighted by molar-refractivity contribution is 8.00. The fourth-order valence-electron chi connectivity index (χ4n) is 1.83. The van der Waals surface area contributed by atoms with Crippen LogP contribution >= 0.6 is 11.8 Å². The van der Waals surface area contributed by atoms with E-state index < -0.39 is 0 Å². The van der Waals surface area contributed by atoms with Crippen LogP contribution in [0.15, 0.2) is 59.5 Å². The summed E-state index contributed by atoms with van der Waals surface area (Å²) < 4.78 is 5.64. The van der Waals surface area contributed by atoms with E-state index in [1.165, 1.54) is 5.56 Å². The molecule has 0 saturated heterocycles. The van der Waals surface area contributed by atoms with Crippen LogP contribution in [0, 0.1) is 6.92 Å². The van der Waals surface area contributed by atoms with Crippen LogP contribution in [0.4, 0.5) is 0 Å². The molecule has 0 radical (unpaired) electrons. The highest BCUT2D eigenvalue weighted by Crippen LogP contribution is 2.17. The fourth-order valence-corrected chi connectivity index (χ4v) is 2.69. The van der Waals surface area contributed by atoms with E-state index >= 15 is 0 Å². The lowest BCUT2D eigenvalue weighted by molar-refractivity contribution is -0.127. The minimum Gasteiger partial charge on any atom is -0.492 e. The summed E-state index contributed by atoms with van der Waals surface area (Å²) >= 11 is 1.56. The molecule has 0 unspecified atom stereocenters. The van der Waals surface area contributed by atoms with E-state index in [1.54, 1.807) is 16.7 Å². The predicted molar refractivity (Wildman–Crippen MR) is 91.5 cm³/mol. The van der Waals surface area contributed by atoms with Gasteiger partial charge >= 0.3 is 0 Å². The first-order chi connectivity index (χ1) is 10.6. The Kier molecular flexibility index (Phi) is 6.34. The molecule has 0 aromatic heterocycles. The summed E-state index contributed by atoms with van der Waals surface area (Å²) in [6.07, 6.45) is 0. The zero-order valence-corrected chi connectivity index (χ0v) is 13.8. The lowest BCUT2D eigenvalue weighted by Crippen LogP contribution is -2.32. The van der Waals surface area contributed by atoms with Gasteiger partial charge < -0.3 is 9.64 Å². The average Bonchev–Trinajstić information content (AvgIpc) is 2.55. The zero-order valence-electron chi connectivity index (χ0n) is 13.0. The number of benzene rings is 2. The number of likely N-dealkylation sites (N-methyl/N-ethyl adjacent to an activating group) is 1. The topological polar surface area (TPSA) is 29.5 Å². The smallest absolute Gasteiger partial charge is 0.232 e. The van der Waals surface area contributed by atoms with Gasteiger partial charge in [0.1, 0.15) is 12.4 Å². The molecule has 0 bridgehead atoms. The molecule has 0 N–H and O–H groups in total. The molecule has 3 nitrogen and oxygen atoms in total. The Morgan fingerprint density at radius 3 is 2.45 bits per heavy atom. The van der Waals surface area contributed by atoms with Crippen LogP contribution in [0.2, 0.25) is 0 Å². The molecule has 2 aromatic rings. The Morgan fingerprint density at radius 1 is 1.09 bits per heavy atom. The maximum atomic E-state index is 12.1. The Morgan fingerprint density at radius 2 is 1.77 bits per heavy atom. The standard InChI is InChI=1S/C18H21NO2S/c1-15-8-10-16(11-9-15)21-13-12-19(2)18(20)14-22-17-6-4-3-5-7-17/h3-11H,12-14H2,1-2H3. The molecule has 1 amide bonds. The van der Waals surface area contributed by atoms with Crippen molar-refractivity contribution in [3.63, 3.8) is 0 Å². The number of hydrogen-bond acceptors (Lipinski definition) is 3. The highest BCUT2D eigenvalue weighted by atomic mass is 32.2. The van der Waals surface area contributed by atoms with Gasteiger partial charge in [-0.05, 0) is 31.2 Å². The Hall–Kier alpha value is -1.94. The molecule has 116 valence electrons. The van der Waals surface area contributed by atoms with Gasteiger partial charge in [0.2, 0.25) is 5.91 Å². The van der Waals surface area contributed by atoms with Gasteiger partial charge in [0.05, 0.1) is 12.3 Å². The van der Waals surface area contributed by atoms with Gasteiger partial charge in [0.25, 0.3) is 0 Å². The SMILES string of the molecule is Cc1ccc(OCCN(C)C(=O)CSc2ccccc2)cc1. The van der Waals surface area contributed by atoms with Crippen molar-refractivity contribution < 1.29 is 9.53 Å². The van der Waals surface area contributed by atoms with Gasteiger partial charge in [-0.1, -0.05) is 35.9 Å². The Labute approximate surface area is 136 Å². The van der Waals surface area contributed by atoms with E-state index in [2.05, 4.69) is 0 Å². The van der Waals surface area contributed by atoms with Crippen molar-refractivity contribution in [1.82, 2.24) is 4.90 Å². The van der Waals surface area contributed by atoms with Crippen LogP contribution in [-0.4, -0.2) is 36.8 Å². The van der Waals surface area contributed by atoms with Crippen LogP contribution in [0.5, 0.6) is 5.75 Å². The van der Waals surface area contributed by atoms with E-state index in [4.69, 9.17) is 4.74 Å². The van der Waals surface area contributed by atoms with Crippen molar-refractivity contribution in [3.8, 4) is 5.75 Å². The Bertz CT molecular complexity index is 584. The highest BCUT2D eigenvalue weighted by Gasteiger charge is 2.09. The maximum absolute atomic E-state index is 12.1. The molecule has 0 spiro atoms. The molecule has 2 rings (SSSR count). The van der Waals surface area contributed by atoms with Crippen LogP contribution in [-0.2, 0) is 4.79 Å². The molecule has 0 heterocycles. The molecule has 0 aliphatic carbocycles. The number of amides is 1. The minimum atomic E-state index is 0.112. The summed E-state index contributed by atoms with van der Waals surface area (Å²) in [6, 6.07) is 17.9. The number of rotatable bonds is 7. The number of ether oxygens (including phenoxy) is 1. The summed E-state index contributed by atoms with van der Waals surface area (Å²) in [5.74, 6) is 1.40. The molecular weight excluding hydrogens is 294 g/mol. The summed E-state index contributed by atoms with van der Waals surface area (Å²) in [7, 11) is 1.81. The fraction of sp³-hybridized carbons (Fsp3) is 0.278. The number of carbonyl (C=O) groups is 1. The van der Waals surface area contributed by atoms with E-state index in [0.717, 1.165) is 10.6 Å². The van der Waals surface area contributed by atoms with Crippen LogP contribution in [0.3, 0.4) is 0 Å². The monoisotopic (exact) mass is 315 g/mol. The third-order valence-electron chi connectivity index (χ3n) is 3.25. The zero-order chi connectivity index (χ0) is 15.8. The third-order valence-corrected chi connectivity index (χ3v) is 4.24. The molecule has 22 heavy (non-hydrogen) atoms. The summed E-state index contributed by atoms with van der Waals surface area (Å²) in [5.41, 5.74) is 1.21. The molecule has 0 atom stereocenters. The third kappa shape index (κ3) is 5.45. The van der Waals surface area contributed by atoms with Gasteiger partial charge in [-0.3, -0.25) is 4.79 Å². The van der Waals surface area contributed by atoms with Crippen LogP contribution < -0.4 is 4.74 Å². The van der Waals surface area contributed by atoms with Crippen molar-refractivity contribution in [3.05, 3.63) is 60.2 Å². The predicted octanol–water partition coefficient (Wildman–Crippen LogP) is 3.62. The molecule has 4 heteroatoms. The van der Waals surface area contributed by atoms with E-state index in [0.29, 0.717) is 18.9 Å². The second-order valence-electron chi connectivity index (χ2n) is 5.08. The van der Waals surface area contributed by atoms with E-state index in [9.17, 15) is 4.79 Å². The summed E-state index contributed by atoms with van der Waals surface area (Å²) in [6.45, 7) is 3.13. The minimum absolute atomic E-state index is 0.112. The lowest BCUT2D eigenvalue weighted by atomic mass is 10.2. The Balaban J connectivity index is 1.69. The molecule has 0 saturated carbocycles. The van der Waals surface area contributed by atoms with Crippen molar-refractivity contribution in [2.45, 2.75) is 11.8 Å². The van der Waals surface area contributed by atoms with Crippen molar-refractivity contribution in [1.29, 1.82) is 0 Å². The van der Waals surface area contributed by atoms with Crippen molar-refractivity contribution in [2.75, 3.05) is 26.0 Å².